The highest BCUT2D eigenvalue weighted by atomic mass is 32.2. The minimum Gasteiger partial charge on any atom is -0.467 e. The van der Waals surface area contributed by atoms with Crippen LogP contribution in [0.2, 0.25) is 0 Å². The molecule has 0 spiro atoms. The lowest BCUT2D eigenvalue weighted by Crippen LogP contribution is -2.40. The maximum Gasteiger partial charge on any atom is 0.393 e. The lowest BCUT2D eigenvalue weighted by Gasteiger charge is -2.31. The first kappa shape index (κ1) is 30.2. The van der Waals surface area contributed by atoms with E-state index >= 15 is 0 Å². The van der Waals surface area contributed by atoms with Crippen LogP contribution < -0.4 is 8.92 Å². The van der Waals surface area contributed by atoms with E-state index in [4.69, 9.17) is 23.4 Å². The van der Waals surface area contributed by atoms with Crippen molar-refractivity contribution < 1.29 is 44.8 Å². The molecule has 1 unspecified atom stereocenters. The summed E-state index contributed by atoms with van der Waals surface area (Å²) in [6.45, 7) is 0.774. The third kappa shape index (κ3) is 7.76. The zero-order valence-electron chi connectivity index (χ0n) is 22.5. The molecule has 3 aromatic rings. The summed E-state index contributed by atoms with van der Waals surface area (Å²) >= 11 is 1.47. The van der Waals surface area contributed by atoms with Gasteiger partial charge in [-0.3, -0.25) is 4.79 Å². The minimum absolute atomic E-state index is 0.0807. The number of likely N-dealkylation sites (tertiary alicyclic amines) is 1. The fourth-order valence-electron chi connectivity index (χ4n) is 4.79. The van der Waals surface area contributed by atoms with Gasteiger partial charge in [-0.25, -0.2) is 9.97 Å². The Kier molecular flexibility index (Phi) is 9.01. The van der Waals surface area contributed by atoms with Crippen LogP contribution in [0.1, 0.15) is 52.4 Å². The van der Waals surface area contributed by atoms with Gasteiger partial charge in [0.05, 0.1) is 30.9 Å². The van der Waals surface area contributed by atoms with Crippen LogP contribution in [0.4, 0.5) is 13.2 Å². The topological polar surface area (TPSA) is 117 Å². The number of hydrogen-bond donors (Lipinski definition) is 0. The second kappa shape index (κ2) is 12.5. The highest BCUT2D eigenvalue weighted by molar-refractivity contribution is 7.86. The molecule has 1 amide bonds. The van der Waals surface area contributed by atoms with E-state index < -0.39 is 35.6 Å². The number of aromatic nitrogens is 2. The summed E-state index contributed by atoms with van der Waals surface area (Å²) in [5.41, 5.74) is 1.84. The van der Waals surface area contributed by atoms with Crippen molar-refractivity contribution >= 4 is 27.4 Å². The predicted molar refractivity (Wildman–Crippen MR) is 144 cm³/mol. The van der Waals surface area contributed by atoms with E-state index in [1.807, 2.05) is 11.4 Å². The maximum absolute atomic E-state index is 12.8. The molecule has 2 aliphatic heterocycles. The number of ether oxygens (including phenoxy) is 3. The number of rotatable bonds is 8. The van der Waals surface area contributed by atoms with Crippen LogP contribution in [0.15, 0.2) is 41.9 Å². The second-order valence-electron chi connectivity index (χ2n) is 9.95. The second-order valence-corrected chi connectivity index (χ2v) is 12.4. The van der Waals surface area contributed by atoms with Gasteiger partial charge in [0.1, 0.15) is 11.4 Å². The molecule has 0 N–H and O–H groups in total. The monoisotopic (exact) mass is 627 g/mol. The standard InChI is InChI=1S/C27H28F3N3O7S2/c1-42(35,36)40-22-6-2-4-19-13-38-26(39-14-20(19)22)21-16-41-25(32-21)17-7-10-33(11-8-17)23(34)15-37-24-18(5-3-9-31-24)12-27(28,29)30/h2-6,9,16-17,26H,7-8,10-15H2,1H3. The Labute approximate surface area is 244 Å². The van der Waals surface area contributed by atoms with Gasteiger partial charge >= 0.3 is 16.3 Å². The van der Waals surface area contributed by atoms with Crippen molar-refractivity contribution in [3.05, 3.63) is 69.3 Å². The van der Waals surface area contributed by atoms with Gasteiger partial charge in [-0.05, 0) is 30.5 Å². The third-order valence-electron chi connectivity index (χ3n) is 6.79. The highest BCUT2D eigenvalue weighted by Crippen LogP contribution is 2.36. The van der Waals surface area contributed by atoms with Crippen LogP contribution in [0.25, 0.3) is 0 Å². The molecule has 42 heavy (non-hydrogen) atoms. The number of amides is 1. The van der Waals surface area contributed by atoms with E-state index in [2.05, 4.69) is 4.98 Å². The number of halogens is 3. The summed E-state index contributed by atoms with van der Waals surface area (Å²) in [5.74, 6) is -0.207. The van der Waals surface area contributed by atoms with E-state index in [0.717, 1.165) is 16.8 Å². The normalized spacial score (nSPS) is 18.3. The average molecular weight is 628 g/mol. The van der Waals surface area contributed by atoms with Crippen molar-refractivity contribution in [1.82, 2.24) is 14.9 Å². The number of nitrogens with zero attached hydrogens (tertiary/aromatic N) is 3. The van der Waals surface area contributed by atoms with E-state index in [1.54, 1.807) is 17.0 Å². The van der Waals surface area contributed by atoms with Crippen molar-refractivity contribution in [3.8, 4) is 11.6 Å². The van der Waals surface area contributed by atoms with Crippen molar-refractivity contribution in [2.24, 2.45) is 0 Å². The highest BCUT2D eigenvalue weighted by Gasteiger charge is 2.31. The van der Waals surface area contributed by atoms with Gasteiger partial charge in [0.2, 0.25) is 12.2 Å². The summed E-state index contributed by atoms with van der Waals surface area (Å²) in [6, 6.07) is 7.75. The van der Waals surface area contributed by atoms with Crippen LogP contribution >= 0.6 is 11.3 Å². The third-order valence-corrected chi connectivity index (χ3v) is 8.30. The number of hydrogen-bond acceptors (Lipinski definition) is 10. The number of pyridine rings is 1. The number of carbonyl (C=O) groups excluding carboxylic acids is 1. The van der Waals surface area contributed by atoms with Crippen molar-refractivity contribution in [2.45, 2.75) is 50.9 Å². The molecule has 1 atom stereocenters. The number of thiazole rings is 1. The van der Waals surface area contributed by atoms with Crippen LogP contribution in [-0.4, -0.2) is 61.3 Å². The van der Waals surface area contributed by atoms with Gasteiger partial charge in [-0.2, -0.15) is 21.6 Å². The molecule has 0 radical (unpaired) electrons. The smallest absolute Gasteiger partial charge is 0.393 e. The van der Waals surface area contributed by atoms with Gasteiger partial charge in [0, 0.05) is 41.7 Å². The number of carbonyl (C=O) groups is 1. The Morgan fingerprint density at radius 1 is 1.14 bits per heavy atom. The van der Waals surface area contributed by atoms with Gasteiger partial charge in [-0.1, -0.05) is 18.2 Å². The van der Waals surface area contributed by atoms with Crippen molar-refractivity contribution in [3.63, 3.8) is 0 Å². The Hall–Kier alpha value is -3.27. The summed E-state index contributed by atoms with van der Waals surface area (Å²) in [7, 11) is -3.71. The number of fused-ring (bicyclic) bond motifs is 1. The Bertz CT molecular complexity index is 1520. The van der Waals surface area contributed by atoms with Crippen molar-refractivity contribution in [1.29, 1.82) is 0 Å². The average Bonchev–Trinajstić information content (AvgIpc) is 3.31. The molecule has 0 saturated carbocycles. The molecule has 0 aliphatic carbocycles. The molecule has 226 valence electrons. The molecule has 0 bridgehead atoms. The molecule has 1 saturated heterocycles. The van der Waals surface area contributed by atoms with Gasteiger partial charge in [0.15, 0.2) is 6.61 Å². The molecule has 10 nitrogen and oxygen atoms in total. The molecule has 15 heteroatoms. The Balaban J connectivity index is 1.14. The molecular formula is C27H28F3N3O7S2. The molecule has 2 aromatic heterocycles. The summed E-state index contributed by atoms with van der Waals surface area (Å²) in [6.07, 6.45) is -2.73. The number of alkyl halides is 3. The minimum atomic E-state index is -4.42. The van der Waals surface area contributed by atoms with E-state index in [1.165, 1.54) is 29.7 Å². The molecule has 1 fully saturated rings. The van der Waals surface area contributed by atoms with E-state index in [0.29, 0.717) is 37.2 Å². The van der Waals surface area contributed by atoms with Crippen LogP contribution in [0, 0.1) is 0 Å². The Morgan fingerprint density at radius 3 is 2.64 bits per heavy atom. The van der Waals surface area contributed by atoms with Crippen molar-refractivity contribution in [2.75, 3.05) is 26.0 Å². The first-order valence-electron chi connectivity index (χ1n) is 13.0. The molecule has 5 rings (SSSR count). The predicted octanol–water partition coefficient (Wildman–Crippen LogP) is 4.51. The molecular weight excluding hydrogens is 599 g/mol. The lowest BCUT2D eigenvalue weighted by molar-refractivity contribution is -0.155. The molecule has 4 heterocycles. The number of piperidine rings is 1. The fourth-order valence-corrected chi connectivity index (χ4v) is 6.27. The van der Waals surface area contributed by atoms with Gasteiger partial charge < -0.3 is 23.3 Å². The SMILES string of the molecule is CS(=O)(=O)Oc1cccc2c1COC(c1csc(C3CCN(C(=O)COc4ncccc4CC(F)(F)F)CC3)n1)OC2. The summed E-state index contributed by atoms with van der Waals surface area (Å²) in [4.78, 5) is 22.9. The van der Waals surface area contributed by atoms with Crippen LogP contribution in [-0.2, 0) is 44.0 Å². The lowest BCUT2D eigenvalue weighted by atomic mass is 9.97. The van der Waals surface area contributed by atoms with Gasteiger partial charge in [-0.15, -0.1) is 11.3 Å². The van der Waals surface area contributed by atoms with E-state index in [-0.39, 0.29) is 42.2 Å². The zero-order valence-corrected chi connectivity index (χ0v) is 24.1. The molecule has 1 aromatic carbocycles. The summed E-state index contributed by atoms with van der Waals surface area (Å²) in [5, 5.41) is 2.74. The van der Waals surface area contributed by atoms with E-state index in [9.17, 15) is 26.4 Å². The first-order valence-corrected chi connectivity index (χ1v) is 15.7. The zero-order chi connectivity index (χ0) is 29.9. The first-order chi connectivity index (χ1) is 19.9. The largest absolute Gasteiger partial charge is 0.467 e. The Morgan fingerprint density at radius 2 is 1.90 bits per heavy atom. The van der Waals surface area contributed by atoms with Gasteiger partial charge in [0.25, 0.3) is 5.91 Å². The van der Waals surface area contributed by atoms with Crippen LogP contribution in [0.3, 0.4) is 0 Å². The summed E-state index contributed by atoms with van der Waals surface area (Å²) < 4.78 is 84.1. The number of benzene rings is 1. The van der Waals surface area contributed by atoms with Crippen LogP contribution in [0.5, 0.6) is 11.6 Å². The maximum atomic E-state index is 12.8. The fraction of sp³-hybridized carbons (Fsp3) is 0.444. The quantitative estimate of drug-likeness (QED) is 0.333. The molecule has 2 aliphatic rings.